The first-order valence-electron chi connectivity index (χ1n) is 5.97. The molecular weight excluding hydrogens is 325 g/mol. The summed E-state index contributed by atoms with van der Waals surface area (Å²) in [5, 5.41) is 8.31. The molecule has 21 heavy (non-hydrogen) atoms. The molecule has 0 bridgehead atoms. The SMILES string of the molecule is CCN(CCOC)S(=O)(=O)c1cc(F)c(Cl)c(C(=O)O)c1. The molecule has 0 amide bonds. The number of carbonyl (C=O) groups is 1. The van der Waals surface area contributed by atoms with Crippen LogP contribution in [0.2, 0.25) is 5.02 Å². The van der Waals surface area contributed by atoms with Gasteiger partial charge in [0.15, 0.2) is 0 Å². The van der Waals surface area contributed by atoms with Gasteiger partial charge in [-0.1, -0.05) is 18.5 Å². The third-order valence-electron chi connectivity index (χ3n) is 2.77. The first-order valence-corrected chi connectivity index (χ1v) is 7.78. The molecule has 118 valence electrons. The number of methoxy groups -OCH3 is 1. The van der Waals surface area contributed by atoms with Gasteiger partial charge in [-0.25, -0.2) is 17.6 Å². The smallest absolute Gasteiger partial charge is 0.337 e. The molecule has 0 unspecified atom stereocenters. The zero-order valence-electron chi connectivity index (χ0n) is 11.5. The monoisotopic (exact) mass is 339 g/mol. The Labute approximate surface area is 127 Å². The standard InChI is InChI=1S/C12H15ClFNO5S/c1-3-15(4-5-20-2)21(18,19)8-6-9(12(16)17)11(13)10(14)7-8/h6-7H,3-5H2,1-2H3,(H,16,17). The normalized spacial score (nSPS) is 11.9. The van der Waals surface area contributed by atoms with Crippen molar-refractivity contribution in [3.05, 3.63) is 28.5 Å². The van der Waals surface area contributed by atoms with Crippen molar-refractivity contribution in [3.8, 4) is 0 Å². The average Bonchev–Trinajstić information content (AvgIpc) is 2.41. The maximum atomic E-state index is 13.6. The molecule has 0 fully saturated rings. The van der Waals surface area contributed by atoms with E-state index in [0.29, 0.717) is 6.07 Å². The lowest BCUT2D eigenvalue weighted by Gasteiger charge is -2.20. The van der Waals surface area contributed by atoms with E-state index >= 15 is 0 Å². The number of nitrogens with zero attached hydrogens (tertiary/aromatic N) is 1. The molecule has 0 atom stereocenters. The molecule has 1 rings (SSSR count). The van der Waals surface area contributed by atoms with Gasteiger partial charge >= 0.3 is 5.97 Å². The van der Waals surface area contributed by atoms with Gasteiger partial charge in [-0.15, -0.1) is 0 Å². The Morgan fingerprint density at radius 1 is 1.48 bits per heavy atom. The van der Waals surface area contributed by atoms with Crippen LogP contribution in [0.5, 0.6) is 0 Å². The van der Waals surface area contributed by atoms with Crippen molar-refractivity contribution in [1.29, 1.82) is 0 Å². The summed E-state index contributed by atoms with van der Waals surface area (Å²) in [6.07, 6.45) is 0. The number of rotatable bonds is 7. The Hall–Kier alpha value is -1.22. The fourth-order valence-electron chi connectivity index (χ4n) is 1.66. The summed E-state index contributed by atoms with van der Waals surface area (Å²) < 4.78 is 44.3. The molecule has 0 spiro atoms. The van der Waals surface area contributed by atoms with Gasteiger partial charge in [-0.3, -0.25) is 0 Å². The summed E-state index contributed by atoms with van der Waals surface area (Å²) in [4.78, 5) is 10.5. The molecule has 0 aliphatic carbocycles. The Morgan fingerprint density at radius 2 is 2.10 bits per heavy atom. The van der Waals surface area contributed by atoms with Crippen molar-refractivity contribution in [2.75, 3.05) is 26.8 Å². The van der Waals surface area contributed by atoms with E-state index in [1.807, 2.05) is 0 Å². The van der Waals surface area contributed by atoms with Crippen LogP contribution in [0.4, 0.5) is 4.39 Å². The zero-order valence-corrected chi connectivity index (χ0v) is 13.0. The molecule has 0 aliphatic heterocycles. The lowest BCUT2D eigenvalue weighted by Crippen LogP contribution is -2.34. The van der Waals surface area contributed by atoms with E-state index in [-0.39, 0.29) is 19.7 Å². The fraction of sp³-hybridized carbons (Fsp3) is 0.417. The minimum atomic E-state index is -4.03. The number of carboxylic acids is 1. The first kappa shape index (κ1) is 17.8. The van der Waals surface area contributed by atoms with Crippen LogP contribution < -0.4 is 0 Å². The van der Waals surface area contributed by atoms with Crippen molar-refractivity contribution < 1.29 is 27.4 Å². The number of carboxylic acid groups (broad SMARTS) is 1. The number of aromatic carboxylic acids is 1. The Morgan fingerprint density at radius 3 is 2.57 bits per heavy atom. The molecule has 9 heteroatoms. The van der Waals surface area contributed by atoms with Crippen LogP contribution >= 0.6 is 11.6 Å². The second kappa shape index (κ2) is 7.17. The third-order valence-corrected chi connectivity index (χ3v) is 5.10. The summed E-state index contributed by atoms with van der Waals surface area (Å²) in [6, 6.07) is 1.55. The van der Waals surface area contributed by atoms with Crippen molar-refractivity contribution in [1.82, 2.24) is 4.31 Å². The van der Waals surface area contributed by atoms with Gasteiger partial charge in [0.1, 0.15) is 5.82 Å². The highest BCUT2D eigenvalue weighted by Gasteiger charge is 2.26. The highest BCUT2D eigenvalue weighted by molar-refractivity contribution is 7.89. The van der Waals surface area contributed by atoms with Crippen molar-refractivity contribution in [3.63, 3.8) is 0 Å². The van der Waals surface area contributed by atoms with Crippen LogP contribution in [0.15, 0.2) is 17.0 Å². The quantitative estimate of drug-likeness (QED) is 0.819. The Balaban J connectivity index is 3.34. The lowest BCUT2D eigenvalue weighted by atomic mass is 10.2. The summed E-state index contributed by atoms with van der Waals surface area (Å²) >= 11 is 5.52. The van der Waals surface area contributed by atoms with E-state index < -0.39 is 37.3 Å². The molecule has 0 aromatic heterocycles. The van der Waals surface area contributed by atoms with Crippen molar-refractivity contribution in [2.24, 2.45) is 0 Å². The Kier molecular flexibility index (Phi) is 6.09. The van der Waals surface area contributed by atoms with Gasteiger partial charge in [0.05, 0.1) is 22.1 Å². The molecule has 6 nitrogen and oxygen atoms in total. The summed E-state index contributed by atoms with van der Waals surface area (Å²) in [7, 11) is -2.61. The van der Waals surface area contributed by atoms with Crippen LogP contribution in [0, 0.1) is 5.82 Å². The van der Waals surface area contributed by atoms with E-state index in [0.717, 1.165) is 10.4 Å². The zero-order chi connectivity index (χ0) is 16.2. The predicted octanol–water partition coefficient (Wildman–Crippen LogP) is 1.83. The molecule has 0 saturated carbocycles. The largest absolute Gasteiger partial charge is 0.478 e. The number of hydrogen-bond donors (Lipinski definition) is 1. The number of halogens is 2. The molecule has 0 saturated heterocycles. The molecular formula is C12H15ClFNO5S. The van der Waals surface area contributed by atoms with Crippen molar-refractivity contribution >= 4 is 27.6 Å². The van der Waals surface area contributed by atoms with Crippen LogP contribution in [-0.2, 0) is 14.8 Å². The summed E-state index contributed by atoms with van der Waals surface area (Å²) in [6.45, 7) is 1.98. The summed E-state index contributed by atoms with van der Waals surface area (Å²) in [5.74, 6) is -2.60. The van der Waals surface area contributed by atoms with E-state index in [1.165, 1.54) is 7.11 Å². The van der Waals surface area contributed by atoms with Gasteiger partial charge in [0, 0.05) is 20.2 Å². The van der Waals surface area contributed by atoms with Crippen LogP contribution in [0.25, 0.3) is 0 Å². The molecule has 0 radical (unpaired) electrons. The topological polar surface area (TPSA) is 83.9 Å². The number of likely N-dealkylation sites (N-methyl/N-ethyl adjacent to an activating group) is 1. The highest BCUT2D eigenvalue weighted by atomic mass is 35.5. The Bertz CT molecular complexity index is 635. The number of sulfonamides is 1. The molecule has 1 aromatic carbocycles. The number of ether oxygens (including phenoxy) is 1. The molecule has 0 heterocycles. The van der Waals surface area contributed by atoms with E-state index in [2.05, 4.69) is 0 Å². The number of benzene rings is 1. The van der Waals surface area contributed by atoms with Gasteiger partial charge in [0.2, 0.25) is 10.0 Å². The third kappa shape index (κ3) is 3.91. The van der Waals surface area contributed by atoms with Crippen LogP contribution in [0.1, 0.15) is 17.3 Å². The summed E-state index contributed by atoms with van der Waals surface area (Å²) in [5.41, 5.74) is -0.599. The highest BCUT2D eigenvalue weighted by Crippen LogP contribution is 2.26. The second-order valence-electron chi connectivity index (χ2n) is 4.06. The van der Waals surface area contributed by atoms with Crippen LogP contribution in [-0.4, -0.2) is 50.6 Å². The van der Waals surface area contributed by atoms with Gasteiger partial charge in [-0.2, -0.15) is 4.31 Å². The average molecular weight is 340 g/mol. The van der Waals surface area contributed by atoms with Gasteiger partial charge in [0.25, 0.3) is 0 Å². The number of hydrogen-bond acceptors (Lipinski definition) is 4. The fourth-order valence-corrected chi connectivity index (χ4v) is 3.32. The van der Waals surface area contributed by atoms with Crippen molar-refractivity contribution in [2.45, 2.75) is 11.8 Å². The molecule has 1 N–H and O–H groups in total. The first-order chi connectivity index (χ1) is 9.75. The maximum Gasteiger partial charge on any atom is 0.337 e. The minimum Gasteiger partial charge on any atom is -0.478 e. The predicted molar refractivity (Wildman–Crippen MR) is 74.7 cm³/mol. The molecule has 1 aromatic rings. The van der Waals surface area contributed by atoms with E-state index in [4.69, 9.17) is 21.4 Å². The van der Waals surface area contributed by atoms with Gasteiger partial charge in [-0.05, 0) is 12.1 Å². The maximum absolute atomic E-state index is 13.6. The van der Waals surface area contributed by atoms with E-state index in [1.54, 1.807) is 6.92 Å². The lowest BCUT2D eigenvalue weighted by molar-refractivity contribution is 0.0696. The van der Waals surface area contributed by atoms with Gasteiger partial charge < -0.3 is 9.84 Å². The van der Waals surface area contributed by atoms with E-state index in [9.17, 15) is 17.6 Å². The van der Waals surface area contributed by atoms with Crippen LogP contribution in [0.3, 0.4) is 0 Å². The minimum absolute atomic E-state index is 0.0714. The molecule has 0 aliphatic rings. The second-order valence-corrected chi connectivity index (χ2v) is 6.38.